The maximum atomic E-state index is 10.7. The number of carbonyl (C=O) groups excluding carboxylic acids is 1. The number of hydrogen-bond acceptors (Lipinski definition) is 3. The third-order valence-corrected chi connectivity index (χ3v) is 4.92. The van der Waals surface area contributed by atoms with Crippen LogP contribution in [0.15, 0.2) is 12.7 Å². The van der Waals surface area contributed by atoms with Crippen LogP contribution in [0.2, 0.25) is 0 Å². The zero-order chi connectivity index (χ0) is 10.6. The molecule has 0 aliphatic rings. The zero-order valence-electron chi connectivity index (χ0n) is 6.97. The molecule has 0 aromatic heterocycles. The molecule has 0 aliphatic carbocycles. The van der Waals surface area contributed by atoms with Crippen molar-refractivity contribution >= 4 is 32.0 Å². The Labute approximate surface area is 85.1 Å². The van der Waals surface area contributed by atoms with E-state index < -0.39 is 26.2 Å². The van der Waals surface area contributed by atoms with Crippen LogP contribution in [0.5, 0.6) is 0 Å². The monoisotopic (exact) mass is 273 g/mol. The number of carbonyl (C=O) groups is 1. The van der Waals surface area contributed by atoms with Crippen LogP contribution in [0.3, 0.4) is 0 Å². The van der Waals surface area contributed by atoms with Crippen LogP contribution in [-0.4, -0.2) is 45.1 Å². The second kappa shape index (κ2) is 4.76. The van der Waals surface area contributed by atoms with Gasteiger partial charge in [0.1, 0.15) is 0 Å². The first-order valence-corrected chi connectivity index (χ1v) is 5.95. The Morgan fingerprint density at radius 1 is 1.69 bits per heavy atom. The van der Waals surface area contributed by atoms with Crippen molar-refractivity contribution in [3.63, 3.8) is 0 Å². The van der Waals surface area contributed by atoms with E-state index in [0.29, 0.717) is 0 Å². The van der Waals surface area contributed by atoms with Crippen molar-refractivity contribution in [2.75, 3.05) is 0 Å². The molecule has 5 nitrogen and oxygen atoms in total. The minimum atomic E-state index is -4.13. The van der Waals surface area contributed by atoms with E-state index in [1.807, 2.05) is 0 Å². The second-order valence-corrected chi connectivity index (χ2v) is 5.87. The van der Waals surface area contributed by atoms with Crippen LogP contribution < -0.4 is 5.32 Å². The number of amides is 1. The summed E-state index contributed by atoms with van der Waals surface area (Å²) in [6.45, 7) is 4.68. The maximum absolute atomic E-state index is 10.7. The molecule has 0 saturated carbocycles. The van der Waals surface area contributed by atoms with Crippen molar-refractivity contribution in [1.82, 2.24) is 5.32 Å². The molecule has 0 rings (SSSR count). The number of hydrogen-bond donors (Lipinski definition) is 2. The first kappa shape index (κ1) is 12.6. The second-order valence-electron chi connectivity index (χ2n) is 2.41. The molecular weight excluding hydrogens is 261 g/mol. The molecule has 7 heteroatoms. The molecule has 0 heterocycles. The van der Waals surface area contributed by atoms with E-state index in [1.54, 1.807) is 16.0 Å². The van der Waals surface area contributed by atoms with Gasteiger partial charge in [0.25, 0.3) is 0 Å². The standard InChI is InChI=1S/C6H11NO4SSe/c1-3-5(8)7-4(2)6(13)12(9,10)11/h3-4,6,13H,1H2,2H3,(H,7,8)(H,9,10,11). The Morgan fingerprint density at radius 3 is 2.46 bits per heavy atom. The average Bonchev–Trinajstić information content (AvgIpc) is 2.01. The summed E-state index contributed by atoms with van der Waals surface area (Å²) in [5.41, 5.74) is 0. The fraction of sp³-hybridized carbons (Fsp3) is 0.500. The molecular formula is C6H11NO4SSe. The molecule has 2 N–H and O–H groups in total. The molecule has 0 fully saturated rings. The van der Waals surface area contributed by atoms with Crippen molar-refractivity contribution in [3.05, 3.63) is 12.7 Å². The van der Waals surface area contributed by atoms with Gasteiger partial charge in [-0.1, -0.05) is 0 Å². The fourth-order valence-corrected chi connectivity index (χ4v) is 1.35. The Bertz CT molecular complexity index is 300. The third-order valence-electron chi connectivity index (χ3n) is 1.29. The van der Waals surface area contributed by atoms with Crippen molar-refractivity contribution in [2.24, 2.45) is 0 Å². The van der Waals surface area contributed by atoms with Crippen molar-refractivity contribution in [1.29, 1.82) is 0 Å². The third kappa shape index (κ3) is 4.42. The van der Waals surface area contributed by atoms with Gasteiger partial charge in [0.2, 0.25) is 0 Å². The van der Waals surface area contributed by atoms with Crippen LogP contribution in [0.1, 0.15) is 6.92 Å². The first-order valence-electron chi connectivity index (χ1n) is 3.36. The van der Waals surface area contributed by atoms with Gasteiger partial charge in [-0.15, -0.1) is 0 Å². The topological polar surface area (TPSA) is 83.5 Å². The van der Waals surface area contributed by atoms with Gasteiger partial charge < -0.3 is 0 Å². The first-order chi connectivity index (χ1) is 5.79. The van der Waals surface area contributed by atoms with E-state index in [4.69, 9.17) is 4.55 Å². The molecule has 2 unspecified atom stereocenters. The van der Waals surface area contributed by atoms with E-state index in [0.717, 1.165) is 6.08 Å². The van der Waals surface area contributed by atoms with Crippen LogP contribution >= 0.6 is 0 Å². The summed E-state index contributed by atoms with van der Waals surface area (Å²) in [6, 6.07) is -0.680. The molecule has 0 aromatic carbocycles. The van der Waals surface area contributed by atoms with Crippen LogP contribution in [-0.2, 0) is 14.9 Å². The Balaban J connectivity index is 4.36. The van der Waals surface area contributed by atoms with Gasteiger partial charge in [-0.25, -0.2) is 0 Å². The molecule has 0 bridgehead atoms. The van der Waals surface area contributed by atoms with Crippen molar-refractivity contribution in [3.8, 4) is 0 Å². The number of nitrogens with one attached hydrogen (secondary N) is 1. The summed E-state index contributed by atoms with van der Waals surface area (Å²) in [5, 5.41) is 2.32. The van der Waals surface area contributed by atoms with E-state index in [1.165, 1.54) is 6.92 Å². The summed E-state index contributed by atoms with van der Waals surface area (Å²) in [7, 11) is -4.13. The van der Waals surface area contributed by atoms with E-state index in [-0.39, 0.29) is 0 Å². The molecule has 0 spiro atoms. The fourth-order valence-electron chi connectivity index (χ4n) is 0.613. The van der Waals surface area contributed by atoms with Gasteiger partial charge in [0.15, 0.2) is 0 Å². The Kier molecular flexibility index (Phi) is 4.63. The normalized spacial score (nSPS) is 15.9. The van der Waals surface area contributed by atoms with Crippen LogP contribution in [0.4, 0.5) is 0 Å². The molecule has 76 valence electrons. The molecule has 13 heavy (non-hydrogen) atoms. The average molecular weight is 272 g/mol. The number of rotatable bonds is 4. The van der Waals surface area contributed by atoms with E-state index in [9.17, 15) is 13.2 Å². The minimum absolute atomic E-state index is 0.479. The van der Waals surface area contributed by atoms with E-state index >= 15 is 0 Å². The molecule has 0 aliphatic heterocycles. The molecule has 1 amide bonds. The predicted molar refractivity (Wildman–Crippen MR) is 50.3 cm³/mol. The van der Waals surface area contributed by atoms with Gasteiger partial charge in [0.05, 0.1) is 0 Å². The SMILES string of the molecule is C=CC(=O)NC(C)C([SeH])S(=O)(=O)O. The molecule has 2 atom stereocenters. The summed E-state index contributed by atoms with van der Waals surface area (Å²) >= 11 is 1.78. The Morgan fingerprint density at radius 2 is 2.15 bits per heavy atom. The molecule has 0 radical (unpaired) electrons. The van der Waals surface area contributed by atoms with Gasteiger partial charge in [0, 0.05) is 0 Å². The molecule has 0 saturated heterocycles. The van der Waals surface area contributed by atoms with Crippen molar-refractivity contribution in [2.45, 2.75) is 17.1 Å². The zero-order valence-corrected chi connectivity index (χ0v) is 9.66. The quantitative estimate of drug-likeness (QED) is 0.382. The Hall–Kier alpha value is -0.361. The summed E-state index contributed by atoms with van der Waals surface area (Å²) in [6.07, 6.45) is 1.03. The molecule has 0 aromatic rings. The van der Waals surface area contributed by atoms with Gasteiger partial charge >= 0.3 is 84.9 Å². The van der Waals surface area contributed by atoms with E-state index in [2.05, 4.69) is 11.9 Å². The van der Waals surface area contributed by atoms with Gasteiger partial charge in [-0.3, -0.25) is 0 Å². The van der Waals surface area contributed by atoms with Crippen LogP contribution in [0, 0.1) is 0 Å². The predicted octanol–water partition coefficient (Wildman–Crippen LogP) is -1.21. The van der Waals surface area contributed by atoms with Gasteiger partial charge in [-0.05, 0) is 0 Å². The summed E-state index contributed by atoms with van der Waals surface area (Å²) in [4.78, 5) is 10.7. The summed E-state index contributed by atoms with van der Waals surface area (Å²) in [5.74, 6) is -0.479. The van der Waals surface area contributed by atoms with Crippen LogP contribution in [0.25, 0.3) is 0 Å². The summed E-state index contributed by atoms with van der Waals surface area (Å²) < 4.78 is 28.7. The van der Waals surface area contributed by atoms with Crippen molar-refractivity contribution < 1.29 is 17.8 Å². The van der Waals surface area contributed by atoms with Gasteiger partial charge in [-0.2, -0.15) is 0 Å².